The number of amides is 2. The molecule has 1 N–H and O–H groups in total. The number of hydrogen-bond donors (Lipinski definition) is 1. The van der Waals surface area contributed by atoms with Crippen LogP contribution < -0.4 is 10.2 Å². The van der Waals surface area contributed by atoms with Gasteiger partial charge >= 0.3 is 0 Å². The average Bonchev–Trinajstić information content (AvgIpc) is 2.76. The molecule has 1 heterocycles. The predicted octanol–water partition coefficient (Wildman–Crippen LogP) is 4.39. The van der Waals surface area contributed by atoms with Gasteiger partial charge in [0, 0.05) is 10.7 Å². The number of hydrogen-bond acceptors (Lipinski definition) is 3. The van der Waals surface area contributed by atoms with Crippen molar-refractivity contribution < 1.29 is 9.59 Å². The Morgan fingerprint density at radius 3 is 2.21 bits per heavy atom. The molecular weight excluding hydrogens is 347 g/mol. The van der Waals surface area contributed by atoms with Gasteiger partial charge in [0.05, 0.1) is 5.69 Å². The van der Waals surface area contributed by atoms with Crippen LogP contribution in [0, 0.1) is 13.8 Å². The Morgan fingerprint density at radius 2 is 1.58 bits per heavy atom. The second-order valence-electron chi connectivity index (χ2n) is 5.56. The molecule has 2 aromatic rings. The molecule has 4 nitrogen and oxygen atoms in total. The summed E-state index contributed by atoms with van der Waals surface area (Å²) in [5.74, 6) is -1.04. The lowest BCUT2D eigenvalue weighted by Gasteiger charge is -2.15. The van der Waals surface area contributed by atoms with Crippen molar-refractivity contribution in [3.05, 3.63) is 69.3 Å². The van der Waals surface area contributed by atoms with Crippen LogP contribution in [0.5, 0.6) is 0 Å². The number of carbonyl (C=O) groups excluding carboxylic acids is 2. The molecule has 0 fully saturated rings. The molecule has 0 saturated heterocycles. The van der Waals surface area contributed by atoms with Crippen LogP contribution in [0.25, 0.3) is 0 Å². The molecule has 0 spiro atoms. The van der Waals surface area contributed by atoms with Crippen molar-refractivity contribution >= 4 is 46.4 Å². The van der Waals surface area contributed by atoms with Gasteiger partial charge in [0.1, 0.15) is 10.7 Å². The van der Waals surface area contributed by atoms with Crippen molar-refractivity contribution in [2.75, 3.05) is 10.2 Å². The summed E-state index contributed by atoms with van der Waals surface area (Å²) in [4.78, 5) is 26.1. The first-order valence-electron chi connectivity index (χ1n) is 7.27. The summed E-state index contributed by atoms with van der Waals surface area (Å²) < 4.78 is 0. The maximum Gasteiger partial charge on any atom is 0.283 e. The van der Waals surface area contributed by atoms with E-state index in [9.17, 15) is 9.59 Å². The first-order chi connectivity index (χ1) is 11.4. The van der Waals surface area contributed by atoms with Gasteiger partial charge in [-0.3, -0.25) is 9.59 Å². The minimum Gasteiger partial charge on any atom is -0.350 e. The minimum absolute atomic E-state index is 0.0437. The van der Waals surface area contributed by atoms with E-state index in [0.29, 0.717) is 16.4 Å². The van der Waals surface area contributed by atoms with Crippen LogP contribution >= 0.6 is 23.2 Å². The quantitative estimate of drug-likeness (QED) is 0.825. The number of rotatable bonds is 3. The van der Waals surface area contributed by atoms with Crippen LogP contribution in [0.15, 0.2) is 53.2 Å². The van der Waals surface area contributed by atoms with Gasteiger partial charge in [-0.05, 0) is 43.7 Å². The van der Waals surface area contributed by atoms with Gasteiger partial charge in [0.2, 0.25) is 0 Å². The molecule has 2 amide bonds. The molecule has 0 saturated carbocycles. The fourth-order valence-electron chi connectivity index (χ4n) is 2.35. The van der Waals surface area contributed by atoms with Gasteiger partial charge in [-0.1, -0.05) is 47.0 Å². The first-order valence-corrected chi connectivity index (χ1v) is 8.02. The highest BCUT2D eigenvalue weighted by Gasteiger charge is 2.38. The Hall–Kier alpha value is -2.30. The van der Waals surface area contributed by atoms with E-state index in [2.05, 4.69) is 5.32 Å². The number of anilines is 2. The Labute approximate surface area is 149 Å². The third kappa shape index (κ3) is 2.90. The van der Waals surface area contributed by atoms with Crippen molar-refractivity contribution in [1.82, 2.24) is 0 Å². The topological polar surface area (TPSA) is 49.4 Å². The second-order valence-corrected chi connectivity index (χ2v) is 6.34. The molecule has 1 aliphatic heterocycles. The van der Waals surface area contributed by atoms with Crippen molar-refractivity contribution in [3.63, 3.8) is 0 Å². The van der Waals surface area contributed by atoms with E-state index in [-0.39, 0.29) is 10.7 Å². The van der Waals surface area contributed by atoms with Crippen LogP contribution in [0.1, 0.15) is 11.1 Å². The number of benzene rings is 2. The summed E-state index contributed by atoms with van der Waals surface area (Å²) in [5.41, 5.74) is 3.06. The number of imide groups is 1. The minimum atomic E-state index is -0.550. The second kappa shape index (κ2) is 6.30. The van der Waals surface area contributed by atoms with E-state index in [4.69, 9.17) is 23.2 Å². The normalized spacial score (nSPS) is 14.6. The zero-order chi connectivity index (χ0) is 17.4. The monoisotopic (exact) mass is 360 g/mol. The van der Waals surface area contributed by atoms with E-state index in [1.807, 2.05) is 32.0 Å². The highest BCUT2D eigenvalue weighted by Crippen LogP contribution is 2.31. The summed E-state index contributed by atoms with van der Waals surface area (Å²) in [5, 5.41) is 3.32. The lowest BCUT2D eigenvalue weighted by Crippen LogP contribution is -2.32. The lowest BCUT2D eigenvalue weighted by atomic mass is 10.2. The smallest absolute Gasteiger partial charge is 0.283 e. The molecule has 0 aromatic heterocycles. The number of carbonyl (C=O) groups is 2. The summed E-state index contributed by atoms with van der Waals surface area (Å²) in [6.45, 7) is 3.80. The SMILES string of the molecule is Cc1ccc(N2C(=O)C(Cl)=C(Nc3ccc(C)c(Cl)c3)C2=O)cc1. The van der Waals surface area contributed by atoms with Gasteiger partial charge in [-0.25, -0.2) is 4.90 Å². The summed E-state index contributed by atoms with van der Waals surface area (Å²) in [6.07, 6.45) is 0. The highest BCUT2D eigenvalue weighted by molar-refractivity contribution is 6.53. The summed E-state index contributed by atoms with van der Waals surface area (Å²) >= 11 is 12.2. The van der Waals surface area contributed by atoms with Crippen molar-refractivity contribution in [2.24, 2.45) is 0 Å². The molecule has 6 heteroatoms. The van der Waals surface area contributed by atoms with Crippen LogP contribution in [0.4, 0.5) is 11.4 Å². The summed E-state index contributed by atoms with van der Waals surface area (Å²) in [7, 11) is 0. The number of nitrogens with one attached hydrogen (secondary N) is 1. The van der Waals surface area contributed by atoms with E-state index < -0.39 is 11.8 Å². The van der Waals surface area contributed by atoms with E-state index in [0.717, 1.165) is 16.0 Å². The van der Waals surface area contributed by atoms with Gasteiger partial charge in [-0.2, -0.15) is 0 Å². The Balaban J connectivity index is 1.91. The highest BCUT2D eigenvalue weighted by atomic mass is 35.5. The number of nitrogens with zero attached hydrogens (tertiary/aromatic N) is 1. The van der Waals surface area contributed by atoms with Gasteiger partial charge in [0.15, 0.2) is 0 Å². The average molecular weight is 361 g/mol. The third-order valence-electron chi connectivity index (χ3n) is 3.76. The van der Waals surface area contributed by atoms with E-state index in [1.54, 1.807) is 24.3 Å². The molecule has 1 aliphatic rings. The molecule has 0 atom stereocenters. The largest absolute Gasteiger partial charge is 0.350 e. The molecule has 2 aromatic carbocycles. The zero-order valence-corrected chi connectivity index (χ0v) is 14.6. The van der Waals surface area contributed by atoms with Gasteiger partial charge < -0.3 is 5.32 Å². The standard InChI is InChI=1S/C18H14Cl2N2O2/c1-10-3-7-13(8-4-10)22-17(23)15(20)16(18(22)24)21-12-6-5-11(2)14(19)9-12/h3-9,21H,1-2H3. The molecule has 0 radical (unpaired) electrons. The molecule has 0 aliphatic carbocycles. The Morgan fingerprint density at radius 1 is 0.917 bits per heavy atom. The van der Waals surface area contributed by atoms with E-state index >= 15 is 0 Å². The predicted molar refractivity (Wildman–Crippen MR) is 96.4 cm³/mol. The fraction of sp³-hybridized carbons (Fsp3) is 0.111. The molecule has 3 rings (SSSR count). The maximum absolute atomic E-state index is 12.6. The fourth-order valence-corrected chi connectivity index (χ4v) is 2.75. The van der Waals surface area contributed by atoms with Crippen LogP contribution in [0.2, 0.25) is 5.02 Å². The number of aryl methyl sites for hydroxylation is 2. The molecule has 0 unspecified atom stereocenters. The lowest BCUT2D eigenvalue weighted by molar-refractivity contribution is -0.120. The van der Waals surface area contributed by atoms with E-state index in [1.165, 1.54) is 0 Å². The molecule has 24 heavy (non-hydrogen) atoms. The Kier molecular flexibility index (Phi) is 4.35. The zero-order valence-electron chi connectivity index (χ0n) is 13.1. The first kappa shape index (κ1) is 16.6. The van der Waals surface area contributed by atoms with Crippen LogP contribution in [-0.4, -0.2) is 11.8 Å². The molecular formula is C18H14Cl2N2O2. The van der Waals surface area contributed by atoms with Crippen LogP contribution in [-0.2, 0) is 9.59 Å². The maximum atomic E-state index is 12.6. The van der Waals surface area contributed by atoms with Crippen molar-refractivity contribution in [3.8, 4) is 0 Å². The molecule has 0 bridgehead atoms. The van der Waals surface area contributed by atoms with Crippen molar-refractivity contribution in [1.29, 1.82) is 0 Å². The molecule has 122 valence electrons. The van der Waals surface area contributed by atoms with Gasteiger partial charge in [0.25, 0.3) is 11.8 Å². The van der Waals surface area contributed by atoms with Crippen LogP contribution in [0.3, 0.4) is 0 Å². The Bertz CT molecular complexity index is 873. The summed E-state index contributed by atoms with van der Waals surface area (Å²) in [6, 6.07) is 12.3. The third-order valence-corrected chi connectivity index (χ3v) is 4.52. The number of halogens is 2. The van der Waals surface area contributed by atoms with Crippen molar-refractivity contribution in [2.45, 2.75) is 13.8 Å². The van der Waals surface area contributed by atoms with Gasteiger partial charge in [-0.15, -0.1) is 0 Å².